The van der Waals surface area contributed by atoms with Crippen molar-refractivity contribution in [2.24, 2.45) is 0 Å². The fourth-order valence-electron chi connectivity index (χ4n) is 2.95. The number of hydrogen-bond acceptors (Lipinski definition) is 4. The Morgan fingerprint density at radius 2 is 2.23 bits per heavy atom. The van der Waals surface area contributed by atoms with Crippen LogP contribution in [0, 0.1) is 0 Å². The Morgan fingerprint density at radius 3 is 2.96 bits per heavy atom. The molecule has 3 rings (SSSR count). The third-order valence-electron chi connectivity index (χ3n) is 4.28. The van der Waals surface area contributed by atoms with E-state index in [1.165, 1.54) is 6.08 Å². The van der Waals surface area contributed by atoms with E-state index in [2.05, 4.69) is 9.82 Å². The van der Waals surface area contributed by atoms with Crippen LogP contribution in [0.1, 0.15) is 37.0 Å². The first-order valence-electron chi connectivity index (χ1n) is 8.57. The average Bonchev–Trinajstić information content (AvgIpc) is 3.10. The minimum absolute atomic E-state index is 0.334. The third-order valence-corrected chi connectivity index (χ3v) is 5.75. The first kappa shape index (κ1) is 19.1. The van der Waals surface area contributed by atoms with Gasteiger partial charge in [-0.3, -0.25) is 4.68 Å². The number of nitrogens with zero attached hydrogens (tertiary/aromatic N) is 2. The molecule has 6 nitrogen and oxygen atoms in total. The van der Waals surface area contributed by atoms with Crippen LogP contribution in [0.2, 0.25) is 5.02 Å². The van der Waals surface area contributed by atoms with Crippen molar-refractivity contribution in [1.82, 2.24) is 14.5 Å². The Balaban J connectivity index is 1.75. The van der Waals surface area contributed by atoms with Crippen LogP contribution in [-0.2, 0) is 21.3 Å². The minimum Gasteiger partial charge on any atom is -0.372 e. The Kier molecular flexibility index (Phi) is 6.13. The van der Waals surface area contributed by atoms with Gasteiger partial charge in [-0.25, -0.2) is 13.1 Å². The molecule has 1 fully saturated rings. The number of benzene rings is 1. The van der Waals surface area contributed by atoms with E-state index in [0.29, 0.717) is 23.6 Å². The molecule has 0 radical (unpaired) electrons. The lowest BCUT2D eigenvalue weighted by atomic mass is 9.99. The van der Waals surface area contributed by atoms with Crippen LogP contribution in [0.4, 0.5) is 0 Å². The topological polar surface area (TPSA) is 73.2 Å². The summed E-state index contributed by atoms with van der Waals surface area (Å²) in [6.07, 6.45) is 6.31. The second kappa shape index (κ2) is 8.35. The number of nitrogens with one attached hydrogen (secondary N) is 1. The van der Waals surface area contributed by atoms with Crippen LogP contribution in [0.15, 0.2) is 42.1 Å². The lowest BCUT2D eigenvalue weighted by Gasteiger charge is -2.31. The summed E-state index contributed by atoms with van der Waals surface area (Å²) in [6.45, 7) is 3.36. The Hall–Kier alpha value is -1.67. The maximum absolute atomic E-state index is 12.5. The van der Waals surface area contributed by atoms with Crippen molar-refractivity contribution in [2.45, 2.75) is 38.5 Å². The zero-order valence-corrected chi connectivity index (χ0v) is 16.1. The molecule has 2 atom stereocenters. The first-order chi connectivity index (χ1) is 12.5. The van der Waals surface area contributed by atoms with Gasteiger partial charge in [0, 0.05) is 35.3 Å². The molecular formula is C18H22ClN3O3S. The highest BCUT2D eigenvalue weighted by Crippen LogP contribution is 2.29. The fourth-order valence-corrected chi connectivity index (χ4v) is 4.22. The number of ether oxygens (including phenoxy) is 1. The number of aryl methyl sites for hydroxylation is 1. The second-order valence-electron chi connectivity index (χ2n) is 6.16. The molecular weight excluding hydrogens is 374 g/mol. The number of sulfonamides is 1. The van der Waals surface area contributed by atoms with Gasteiger partial charge >= 0.3 is 0 Å². The monoisotopic (exact) mass is 395 g/mol. The molecule has 8 heteroatoms. The number of rotatable bonds is 6. The van der Waals surface area contributed by atoms with E-state index in [0.717, 1.165) is 23.9 Å². The van der Waals surface area contributed by atoms with Crippen LogP contribution >= 0.6 is 11.6 Å². The third kappa shape index (κ3) is 4.73. The summed E-state index contributed by atoms with van der Waals surface area (Å²) >= 11 is 6.07. The summed E-state index contributed by atoms with van der Waals surface area (Å²) in [5.41, 5.74) is 1.54. The standard InChI is InChI=1S/C18H22ClN3O3S/c1-2-22-13-15(12-20-22)18-17(8-5-10-25-18)21-26(23,24)11-9-14-6-3-4-7-16(14)19/h3-4,6-7,9,11-13,17-18,21H,2,5,8,10H2,1H3/b11-9+/t17-,18+/m0/s1. The summed E-state index contributed by atoms with van der Waals surface area (Å²) in [6, 6.07) is 6.76. The van der Waals surface area contributed by atoms with Gasteiger partial charge in [-0.15, -0.1) is 0 Å². The maximum atomic E-state index is 12.5. The SMILES string of the molecule is CCn1cc([C@H]2OCCC[C@@H]2NS(=O)(=O)/C=C/c2ccccc2Cl)cn1. The van der Waals surface area contributed by atoms with E-state index in [4.69, 9.17) is 16.3 Å². The van der Waals surface area contributed by atoms with Gasteiger partial charge in [0.1, 0.15) is 6.10 Å². The summed E-state index contributed by atoms with van der Waals surface area (Å²) in [5.74, 6) is 0. The quantitative estimate of drug-likeness (QED) is 0.813. The van der Waals surface area contributed by atoms with Gasteiger partial charge in [0.15, 0.2) is 0 Å². The molecule has 26 heavy (non-hydrogen) atoms. The van der Waals surface area contributed by atoms with Crippen LogP contribution < -0.4 is 4.72 Å². The fraction of sp³-hybridized carbons (Fsp3) is 0.389. The van der Waals surface area contributed by atoms with Crippen molar-refractivity contribution in [3.05, 3.63) is 58.2 Å². The highest BCUT2D eigenvalue weighted by atomic mass is 35.5. The van der Waals surface area contributed by atoms with E-state index in [1.54, 1.807) is 29.1 Å². The molecule has 2 aromatic rings. The predicted molar refractivity (Wildman–Crippen MR) is 102 cm³/mol. The van der Waals surface area contributed by atoms with Gasteiger partial charge in [-0.05, 0) is 37.5 Å². The van der Waals surface area contributed by atoms with Gasteiger partial charge in [-0.2, -0.15) is 5.10 Å². The van der Waals surface area contributed by atoms with Crippen molar-refractivity contribution in [1.29, 1.82) is 0 Å². The van der Waals surface area contributed by atoms with Crippen molar-refractivity contribution in [3.8, 4) is 0 Å². The van der Waals surface area contributed by atoms with Crippen molar-refractivity contribution in [2.75, 3.05) is 6.61 Å². The van der Waals surface area contributed by atoms with E-state index in [9.17, 15) is 8.42 Å². The Morgan fingerprint density at radius 1 is 1.42 bits per heavy atom. The predicted octanol–water partition coefficient (Wildman–Crippen LogP) is 3.37. The zero-order valence-electron chi connectivity index (χ0n) is 14.5. The highest BCUT2D eigenvalue weighted by Gasteiger charge is 2.31. The molecule has 140 valence electrons. The maximum Gasteiger partial charge on any atom is 0.234 e. The van der Waals surface area contributed by atoms with Crippen LogP contribution in [0.5, 0.6) is 0 Å². The minimum atomic E-state index is -3.63. The number of halogens is 1. The molecule has 0 saturated carbocycles. The summed E-state index contributed by atoms with van der Waals surface area (Å²) in [5, 5.41) is 5.91. The average molecular weight is 396 g/mol. The largest absolute Gasteiger partial charge is 0.372 e. The van der Waals surface area contributed by atoms with Crippen LogP contribution in [0.3, 0.4) is 0 Å². The molecule has 1 aromatic heterocycles. The van der Waals surface area contributed by atoms with E-state index in [-0.39, 0.29) is 12.1 Å². The number of aromatic nitrogens is 2. The van der Waals surface area contributed by atoms with Gasteiger partial charge < -0.3 is 4.74 Å². The van der Waals surface area contributed by atoms with E-state index in [1.807, 2.05) is 19.2 Å². The van der Waals surface area contributed by atoms with Crippen LogP contribution in [0.25, 0.3) is 6.08 Å². The zero-order chi connectivity index (χ0) is 18.6. The van der Waals surface area contributed by atoms with Gasteiger partial charge in [0.2, 0.25) is 10.0 Å². The van der Waals surface area contributed by atoms with Gasteiger partial charge in [-0.1, -0.05) is 29.8 Å². The molecule has 1 saturated heterocycles. The van der Waals surface area contributed by atoms with E-state index >= 15 is 0 Å². The lowest BCUT2D eigenvalue weighted by Crippen LogP contribution is -2.41. The second-order valence-corrected chi connectivity index (χ2v) is 8.16. The molecule has 0 bridgehead atoms. The molecule has 1 N–H and O–H groups in total. The molecule has 0 amide bonds. The molecule has 0 aliphatic carbocycles. The molecule has 1 aliphatic rings. The summed E-state index contributed by atoms with van der Waals surface area (Å²) in [4.78, 5) is 0. The normalized spacial score (nSPS) is 21.3. The van der Waals surface area contributed by atoms with Crippen molar-refractivity contribution < 1.29 is 13.2 Å². The first-order valence-corrected chi connectivity index (χ1v) is 10.5. The lowest BCUT2D eigenvalue weighted by molar-refractivity contribution is -0.00438. The smallest absolute Gasteiger partial charge is 0.234 e. The summed E-state index contributed by atoms with van der Waals surface area (Å²) < 4.78 is 35.4. The van der Waals surface area contributed by atoms with E-state index < -0.39 is 10.0 Å². The van der Waals surface area contributed by atoms with Crippen molar-refractivity contribution >= 4 is 27.7 Å². The molecule has 0 unspecified atom stereocenters. The molecule has 0 spiro atoms. The van der Waals surface area contributed by atoms with Gasteiger partial charge in [0.05, 0.1) is 12.2 Å². The van der Waals surface area contributed by atoms with Crippen LogP contribution in [-0.4, -0.2) is 30.8 Å². The molecule has 1 aliphatic heterocycles. The highest BCUT2D eigenvalue weighted by molar-refractivity contribution is 7.92. The number of hydrogen-bond donors (Lipinski definition) is 1. The van der Waals surface area contributed by atoms with Gasteiger partial charge in [0.25, 0.3) is 0 Å². The molecule has 2 heterocycles. The molecule has 1 aromatic carbocycles. The Bertz CT molecular complexity index is 879. The summed E-state index contributed by atoms with van der Waals surface area (Å²) in [7, 11) is -3.63. The van der Waals surface area contributed by atoms with Crippen molar-refractivity contribution in [3.63, 3.8) is 0 Å². The Labute approximate surface area is 158 Å².